The van der Waals surface area contributed by atoms with E-state index in [1.807, 2.05) is 0 Å². The predicted molar refractivity (Wildman–Crippen MR) is 65.1 cm³/mol. The van der Waals surface area contributed by atoms with Crippen LogP contribution < -0.4 is 10.6 Å². The van der Waals surface area contributed by atoms with Gasteiger partial charge in [-0.05, 0) is 25.3 Å². The highest BCUT2D eigenvalue weighted by Crippen LogP contribution is 2.22. The van der Waals surface area contributed by atoms with Crippen molar-refractivity contribution in [2.75, 3.05) is 18.4 Å². The van der Waals surface area contributed by atoms with Crippen molar-refractivity contribution >= 4 is 11.5 Å². The average molecular weight is 236 g/mol. The molecule has 1 aliphatic rings. The van der Waals surface area contributed by atoms with Gasteiger partial charge < -0.3 is 10.6 Å². The first-order valence-electron chi connectivity index (χ1n) is 5.75. The van der Waals surface area contributed by atoms with E-state index in [4.69, 9.17) is 0 Å². The first-order chi connectivity index (χ1) is 8.16. The molecule has 0 atom stereocenters. The van der Waals surface area contributed by atoms with Gasteiger partial charge in [0.15, 0.2) is 0 Å². The Morgan fingerprint density at radius 2 is 2.29 bits per heavy atom. The van der Waals surface area contributed by atoms with E-state index in [2.05, 4.69) is 15.6 Å². The third-order valence-electron chi connectivity index (χ3n) is 2.63. The largest absolute Gasteiger partial charge is 0.363 e. The van der Waals surface area contributed by atoms with Gasteiger partial charge in [-0.15, -0.1) is 0 Å². The Hall–Kier alpha value is -1.69. The van der Waals surface area contributed by atoms with Crippen LogP contribution in [0.25, 0.3) is 0 Å². The van der Waals surface area contributed by atoms with Gasteiger partial charge in [0.1, 0.15) is 0 Å². The molecule has 2 rings (SSSR count). The topological polar surface area (TPSA) is 80.1 Å². The third-order valence-corrected chi connectivity index (χ3v) is 2.63. The monoisotopic (exact) mass is 236 g/mol. The number of nitrogens with one attached hydrogen (secondary N) is 2. The number of hydrogen-bond donors (Lipinski definition) is 2. The molecule has 0 aliphatic heterocycles. The van der Waals surface area contributed by atoms with Crippen LogP contribution in [0, 0.1) is 17.0 Å². The summed E-state index contributed by atoms with van der Waals surface area (Å²) in [5, 5.41) is 17.2. The van der Waals surface area contributed by atoms with E-state index in [1.165, 1.54) is 18.9 Å². The molecular formula is C11H16N4O2. The molecule has 6 heteroatoms. The predicted octanol–water partition coefficient (Wildman–Crippen LogP) is 1.46. The summed E-state index contributed by atoms with van der Waals surface area (Å²) >= 11 is 0. The van der Waals surface area contributed by atoms with Crippen molar-refractivity contribution in [2.45, 2.75) is 25.8 Å². The normalized spacial score (nSPS) is 14.6. The van der Waals surface area contributed by atoms with Crippen LogP contribution in [0.4, 0.5) is 11.5 Å². The quantitative estimate of drug-likeness (QED) is 0.444. The lowest BCUT2D eigenvalue weighted by Crippen LogP contribution is -2.24. The maximum absolute atomic E-state index is 10.8. The van der Waals surface area contributed by atoms with Crippen molar-refractivity contribution in [1.82, 2.24) is 10.3 Å². The van der Waals surface area contributed by atoms with Crippen molar-refractivity contribution < 1.29 is 4.92 Å². The molecule has 92 valence electrons. The number of aromatic nitrogens is 1. The minimum absolute atomic E-state index is 0.0384. The smallest absolute Gasteiger partial charge is 0.311 e. The van der Waals surface area contributed by atoms with E-state index in [0.29, 0.717) is 18.4 Å². The molecule has 1 aromatic heterocycles. The van der Waals surface area contributed by atoms with Gasteiger partial charge >= 0.3 is 5.69 Å². The van der Waals surface area contributed by atoms with Crippen LogP contribution in [0.15, 0.2) is 12.3 Å². The van der Waals surface area contributed by atoms with Gasteiger partial charge in [-0.2, -0.15) is 0 Å². The molecule has 2 N–H and O–H groups in total. The molecule has 0 bridgehead atoms. The number of nitrogens with zero attached hydrogens (tertiary/aromatic N) is 2. The Morgan fingerprint density at radius 1 is 1.53 bits per heavy atom. The summed E-state index contributed by atoms with van der Waals surface area (Å²) in [4.78, 5) is 14.5. The Kier molecular flexibility index (Phi) is 3.53. The standard InChI is InChI=1S/C11H16N4O2/c1-8-6-10(15(16)17)11(14-7-8)13-5-4-12-9-2-3-9/h6-7,9,12H,2-5H2,1H3,(H,13,14). The van der Waals surface area contributed by atoms with Crippen LogP contribution in [0.1, 0.15) is 18.4 Å². The Labute approximate surface area is 99.6 Å². The van der Waals surface area contributed by atoms with Crippen LogP contribution in [-0.4, -0.2) is 29.0 Å². The number of pyridine rings is 1. The van der Waals surface area contributed by atoms with Gasteiger partial charge in [0, 0.05) is 31.4 Å². The maximum Gasteiger partial charge on any atom is 0.311 e. The summed E-state index contributed by atoms with van der Waals surface area (Å²) in [5.74, 6) is 0.346. The van der Waals surface area contributed by atoms with Gasteiger partial charge in [-0.3, -0.25) is 10.1 Å². The van der Waals surface area contributed by atoms with E-state index in [1.54, 1.807) is 13.1 Å². The molecule has 0 aromatic carbocycles. The second-order valence-corrected chi connectivity index (χ2v) is 4.29. The third kappa shape index (κ3) is 3.39. The zero-order valence-corrected chi connectivity index (χ0v) is 9.77. The van der Waals surface area contributed by atoms with Crippen LogP contribution in [0.5, 0.6) is 0 Å². The number of hydrogen-bond acceptors (Lipinski definition) is 5. The van der Waals surface area contributed by atoms with Gasteiger partial charge in [0.25, 0.3) is 0 Å². The molecule has 0 unspecified atom stereocenters. The Balaban J connectivity index is 1.91. The SMILES string of the molecule is Cc1cnc(NCCNC2CC2)c([N+](=O)[O-])c1. The molecule has 1 saturated carbocycles. The molecule has 0 radical (unpaired) electrons. The van der Waals surface area contributed by atoms with Crippen molar-refractivity contribution in [3.05, 3.63) is 27.9 Å². The summed E-state index contributed by atoms with van der Waals surface area (Å²) in [5.41, 5.74) is 0.828. The first kappa shape index (κ1) is 11.8. The van der Waals surface area contributed by atoms with Crippen LogP contribution in [-0.2, 0) is 0 Å². The minimum atomic E-state index is -0.406. The lowest BCUT2D eigenvalue weighted by molar-refractivity contribution is -0.384. The molecule has 1 heterocycles. The highest BCUT2D eigenvalue weighted by Gasteiger charge is 2.20. The summed E-state index contributed by atoms with van der Waals surface area (Å²) in [6.07, 6.45) is 4.11. The molecule has 0 amide bonds. The highest BCUT2D eigenvalue weighted by molar-refractivity contribution is 5.56. The summed E-state index contributed by atoms with van der Waals surface area (Å²) in [6.45, 7) is 3.24. The van der Waals surface area contributed by atoms with Gasteiger partial charge in [-0.1, -0.05) is 0 Å². The second kappa shape index (κ2) is 5.09. The first-order valence-corrected chi connectivity index (χ1v) is 5.75. The Bertz CT molecular complexity index is 418. The second-order valence-electron chi connectivity index (χ2n) is 4.29. The fourth-order valence-corrected chi connectivity index (χ4v) is 1.57. The van der Waals surface area contributed by atoms with Crippen molar-refractivity contribution in [2.24, 2.45) is 0 Å². The fraction of sp³-hybridized carbons (Fsp3) is 0.545. The molecule has 0 saturated heterocycles. The van der Waals surface area contributed by atoms with Gasteiger partial charge in [-0.25, -0.2) is 4.98 Å². The number of aryl methyl sites for hydroxylation is 1. The lowest BCUT2D eigenvalue weighted by atomic mass is 10.3. The molecule has 6 nitrogen and oxygen atoms in total. The molecule has 1 aliphatic carbocycles. The average Bonchev–Trinajstić information content (AvgIpc) is 3.09. The lowest BCUT2D eigenvalue weighted by Gasteiger charge is -2.07. The zero-order chi connectivity index (χ0) is 12.3. The molecule has 17 heavy (non-hydrogen) atoms. The number of anilines is 1. The minimum Gasteiger partial charge on any atom is -0.363 e. The van der Waals surface area contributed by atoms with E-state index in [0.717, 1.165) is 12.1 Å². The molecule has 1 fully saturated rings. The van der Waals surface area contributed by atoms with Crippen molar-refractivity contribution in [1.29, 1.82) is 0 Å². The zero-order valence-electron chi connectivity index (χ0n) is 9.77. The van der Waals surface area contributed by atoms with E-state index in [-0.39, 0.29) is 5.69 Å². The highest BCUT2D eigenvalue weighted by atomic mass is 16.6. The van der Waals surface area contributed by atoms with Gasteiger partial charge in [0.2, 0.25) is 5.82 Å². The van der Waals surface area contributed by atoms with Crippen LogP contribution >= 0.6 is 0 Å². The summed E-state index contributed by atoms with van der Waals surface area (Å²) in [7, 11) is 0. The van der Waals surface area contributed by atoms with E-state index >= 15 is 0 Å². The van der Waals surface area contributed by atoms with Crippen LogP contribution in [0.3, 0.4) is 0 Å². The number of rotatable bonds is 6. The molecule has 1 aromatic rings. The van der Waals surface area contributed by atoms with Crippen LogP contribution in [0.2, 0.25) is 0 Å². The molecular weight excluding hydrogens is 220 g/mol. The van der Waals surface area contributed by atoms with Gasteiger partial charge in [0.05, 0.1) is 4.92 Å². The summed E-state index contributed by atoms with van der Waals surface area (Å²) in [6, 6.07) is 2.18. The van der Waals surface area contributed by atoms with E-state index < -0.39 is 4.92 Å². The number of nitro groups is 1. The fourth-order valence-electron chi connectivity index (χ4n) is 1.57. The molecule has 0 spiro atoms. The summed E-state index contributed by atoms with van der Waals surface area (Å²) < 4.78 is 0. The Morgan fingerprint density at radius 3 is 2.94 bits per heavy atom. The van der Waals surface area contributed by atoms with Crippen molar-refractivity contribution in [3.8, 4) is 0 Å². The maximum atomic E-state index is 10.8. The van der Waals surface area contributed by atoms with E-state index in [9.17, 15) is 10.1 Å². The van der Waals surface area contributed by atoms with Crippen molar-refractivity contribution in [3.63, 3.8) is 0 Å².